The summed E-state index contributed by atoms with van der Waals surface area (Å²) >= 11 is 12.4. The lowest BCUT2D eigenvalue weighted by molar-refractivity contribution is 1.35. The summed E-state index contributed by atoms with van der Waals surface area (Å²) in [4.78, 5) is 14.7. The van der Waals surface area contributed by atoms with Crippen LogP contribution in [0, 0.1) is 0 Å². The largest absolute Gasteiger partial charge is 0.359 e. The molecule has 0 fully saturated rings. The van der Waals surface area contributed by atoms with E-state index in [1.165, 1.54) is 0 Å². The molecule has 0 saturated carbocycles. The molecular weight excluding hydrogens is 333 g/mol. The Morgan fingerprint density at radius 1 is 1.29 bits per heavy atom. The van der Waals surface area contributed by atoms with E-state index >= 15 is 0 Å². The molecule has 0 aliphatic heterocycles. The van der Waals surface area contributed by atoms with Gasteiger partial charge in [-0.2, -0.15) is 0 Å². The number of hydrogen-bond donors (Lipinski definition) is 1. The fraction of sp³-hybridized carbons (Fsp3) is 0. The fourth-order valence-corrected chi connectivity index (χ4v) is 2.16. The summed E-state index contributed by atoms with van der Waals surface area (Å²) in [5.41, 5.74) is 0.668. The quantitative estimate of drug-likeness (QED) is 0.781. The molecule has 0 saturated heterocycles. The van der Waals surface area contributed by atoms with Gasteiger partial charge in [0, 0.05) is 11.6 Å². The van der Waals surface area contributed by atoms with E-state index in [-0.39, 0.29) is 5.43 Å². The Hall–Kier alpha value is -0.320. The molecule has 0 spiro atoms. The van der Waals surface area contributed by atoms with E-state index in [0.717, 1.165) is 0 Å². The van der Waals surface area contributed by atoms with Crippen LogP contribution in [0.5, 0.6) is 0 Å². The van der Waals surface area contributed by atoms with Crippen molar-refractivity contribution in [3.8, 4) is 0 Å². The minimum absolute atomic E-state index is 0.0453. The van der Waals surface area contributed by atoms with Gasteiger partial charge in [0.05, 0.1) is 19.5 Å². The maximum absolute atomic E-state index is 11.7. The molecule has 0 aliphatic carbocycles. The first kappa shape index (κ1) is 10.2. The highest BCUT2D eigenvalue weighted by molar-refractivity contribution is 9.11. The Morgan fingerprint density at radius 2 is 2.00 bits per heavy atom. The predicted molar refractivity (Wildman–Crippen MR) is 65.0 cm³/mol. The second kappa shape index (κ2) is 3.68. The summed E-state index contributed by atoms with van der Waals surface area (Å²) in [6.07, 6.45) is 1.60. The molecule has 0 atom stereocenters. The molecule has 0 radical (unpaired) electrons. The van der Waals surface area contributed by atoms with Crippen molar-refractivity contribution in [2.45, 2.75) is 0 Å². The van der Waals surface area contributed by atoms with E-state index in [1.807, 2.05) is 0 Å². The molecule has 1 aromatic carbocycles. The van der Waals surface area contributed by atoms with Gasteiger partial charge in [0.1, 0.15) is 0 Å². The molecule has 2 rings (SSSR count). The van der Waals surface area contributed by atoms with Crippen LogP contribution in [-0.4, -0.2) is 4.98 Å². The van der Waals surface area contributed by atoms with E-state index in [1.54, 1.807) is 18.3 Å². The highest BCUT2D eigenvalue weighted by Crippen LogP contribution is 2.28. The second-order valence-electron chi connectivity index (χ2n) is 2.75. The number of halogens is 3. The van der Waals surface area contributed by atoms with Crippen LogP contribution in [0.25, 0.3) is 10.9 Å². The van der Waals surface area contributed by atoms with Crippen molar-refractivity contribution in [2.24, 2.45) is 0 Å². The van der Waals surface area contributed by atoms with Gasteiger partial charge in [-0.1, -0.05) is 11.6 Å². The normalized spacial score (nSPS) is 10.8. The number of rotatable bonds is 0. The minimum Gasteiger partial charge on any atom is -0.359 e. The van der Waals surface area contributed by atoms with Crippen molar-refractivity contribution < 1.29 is 0 Å². The molecule has 0 amide bonds. The first-order valence-corrected chi connectivity index (χ1v) is 5.72. The van der Waals surface area contributed by atoms with Crippen LogP contribution in [0.1, 0.15) is 0 Å². The minimum atomic E-state index is -0.0453. The zero-order chi connectivity index (χ0) is 10.3. The van der Waals surface area contributed by atoms with Gasteiger partial charge >= 0.3 is 0 Å². The molecule has 1 aromatic heterocycles. The zero-order valence-corrected chi connectivity index (χ0v) is 10.7. The Bertz CT molecular complexity index is 564. The molecule has 2 nitrogen and oxygen atoms in total. The van der Waals surface area contributed by atoms with Crippen LogP contribution < -0.4 is 5.43 Å². The molecule has 1 heterocycles. The van der Waals surface area contributed by atoms with Crippen molar-refractivity contribution in [2.75, 3.05) is 0 Å². The monoisotopic (exact) mass is 335 g/mol. The summed E-state index contributed by atoms with van der Waals surface area (Å²) in [5.74, 6) is 0. The third-order valence-electron chi connectivity index (χ3n) is 1.90. The summed E-state index contributed by atoms with van der Waals surface area (Å²) in [7, 11) is 0. The number of H-pyrrole nitrogens is 1. The Labute approximate surface area is 102 Å². The van der Waals surface area contributed by atoms with Crippen LogP contribution in [0.2, 0.25) is 5.02 Å². The van der Waals surface area contributed by atoms with Crippen molar-refractivity contribution in [1.82, 2.24) is 4.98 Å². The average molecular weight is 337 g/mol. The lowest BCUT2D eigenvalue weighted by Crippen LogP contribution is -2.03. The topological polar surface area (TPSA) is 32.9 Å². The third-order valence-corrected chi connectivity index (χ3v) is 3.86. The molecule has 1 N–H and O–H groups in total. The first-order valence-electron chi connectivity index (χ1n) is 3.76. The Kier molecular flexibility index (Phi) is 2.68. The summed E-state index contributed by atoms with van der Waals surface area (Å²) in [5, 5.41) is 1.19. The van der Waals surface area contributed by atoms with Gasteiger partial charge in [-0.25, -0.2) is 0 Å². The molecule has 0 unspecified atom stereocenters. The summed E-state index contributed by atoms with van der Waals surface area (Å²) < 4.78 is 1.22. The molecular formula is C9H4Br2ClNO. The lowest BCUT2D eigenvalue weighted by Gasteiger charge is -2.02. The second-order valence-corrected chi connectivity index (χ2v) is 4.80. The number of benzene rings is 1. The van der Waals surface area contributed by atoms with Crippen LogP contribution in [-0.2, 0) is 0 Å². The highest BCUT2D eigenvalue weighted by Gasteiger charge is 2.07. The van der Waals surface area contributed by atoms with Crippen molar-refractivity contribution in [3.63, 3.8) is 0 Å². The number of hydrogen-bond acceptors (Lipinski definition) is 1. The van der Waals surface area contributed by atoms with Crippen LogP contribution in [0.15, 0.2) is 32.1 Å². The molecule has 72 valence electrons. The van der Waals surface area contributed by atoms with Crippen molar-refractivity contribution in [1.29, 1.82) is 0 Å². The number of pyridine rings is 1. The molecule has 2 aromatic rings. The SMILES string of the molecule is O=c1c(Br)c[nH]c2c(Br)c(Cl)ccc12. The standard InChI is InChI=1S/C9H4Br2ClNO/c10-5-3-13-8-4(9(5)14)1-2-6(12)7(8)11/h1-3H,(H,13,14). The van der Waals surface area contributed by atoms with E-state index in [0.29, 0.717) is 24.9 Å². The van der Waals surface area contributed by atoms with Crippen molar-refractivity contribution in [3.05, 3.63) is 42.5 Å². The molecule has 14 heavy (non-hydrogen) atoms. The van der Waals surface area contributed by atoms with Gasteiger partial charge < -0.3 is 4.98 Å². The van der Waals surface area contributed by atoms with E-state index in [9.17, 15) is 4.79 Å². The predicted octanol–water partition coefficient (Wildman–Crippen LogP) is 3.71. The van der Waals surface area contributed by atoms with Gasteiger partial charge in [-0.15, -0.1) is 0 Å². The Morgan fingerprint density at radius 3 is 2.71 bits per heavy atom. The maximum Gasteiger partial charge on any atom is 0.203 e. The fourth-order valence-electron chi connectivity index (χ4n) is 1.21. The summed E-state index contributed by atoms with van der Waals surface area (Å²) in [6.45, 7) is 0. The zero-order valence-electron chi connectivity index (χ0n) is 6.77. The number of aromatic nitrogens is 1. The number of fused-ring (bicyclic) bond motifs is 1. The number of nitrogens with one attached hydrogen (secondary N) is 1. The molecule has 5 heteroatoms. The Balaban J connectivity index is 3.02. The van der Waals surface area contributed by atoms with Crippen LogP contribution >= 0.6 is 43.5 Å². The van der Waals surface area contributed by atoms with E-state index in [4.69, 9.17) is 11.6 Å². The van der Waals surface area contributed by atoms with Gasteiger partial charge in [-0.3, -0.25) is 4.79 Å². The maximum atomic E-state index is 11.7. The highest BCUT2D eigenvalue weighted by atomic mass is 79.9. The van der Waals surface area contributed by atoms with Gasteiger partial charge in [0.15, 0.2) is 0 Å². The average Bonchev–Trinajstić information content (AvgIpc) is 2.17. The smallest absolute Gasteiger partial charge is 0.203 e. The van der Waals surface area contributed by atoms with Gasteiger partial charge in [0.25, 0.3) is 0 Å². The van der Waals surface area contributed by atoms with E-state index in [2.05, 4.69) is 36.8 Å². The summed E-state index contributed by atoms with van der Waals surface area (Å²) in [6, 6.07) is 3.39. The van der Waals surface area contributed by atoms with Crippen LogP contribution in [0.3, 0.4) is 0 Å². The van der Waals surface area contributed by atoms with Gasteiger partial charge in [-0.05, 0) is 44.0 Å². The first-order chi connectivity index (χ1) is 6.61. The molecule has 0 aliphatic rings. The van der Waals surface area contributed by atoms with Crippen LogP contribution in [0.4, 0.5) is 0 Å². The van der Waals surface area contributed by atoms with Crippen molar-refractivity contribution >= 4 is 54.4 Å². The third kappa shape index (κ3) is 1.51. The lowest BCUT2D eigenvalue weighted by atomic mass is 10.2. The number of aromatic amines is 1. The van der Waals surface area contributed by atoms with Gasteiger partial charge in [0.2, 0.25) is 5.43 Å². The molecule has 0 bridgehead atoms. The van der Waals surface area contributed by atoms with E-state index < -0.39 is 0 Å².